The molecule has 0 saturated carbocycles. The van der Waals surface area contributed by atoms with Gasteiger partial charge in [-0.3, -0.25) is 14.7 Å². The highest BCUT2D eigenvalue weighted by molar-refractivity contribution is 5.89. The Bertz CT molecular complexity index is 1380. The summed E-state index contributed by atoms with van der Waals surface area (Å²) in [5.74, 6) is 0.905. The maximum atomic E-state index is 12.8. The third kappa shape index (κ3) is 7.01. The molecule has 2 N–H and O–H groups in total. The summed E-state index contributed by atoms with van der Waals surface area (Å²) in [6, 6.07) is 11.3. The fourth-order valence-electron chi connectivity index (χ4n) is 6.27. The molecule has 3 aromatic rings. The molecule has 5 rings (SSSR count). The minimum Gasteiger partial charge on any atom is -0.405 e. The number of carbonyl (C=O) groups excluding carboxylic acids is 1. The molecule has 2 atom stereocenters. The van der Waals surface area contributed by atoms with Gasteiger partial charge in [0.15, 0.2) is 0 Å². The highest BCUT2D eigenvalue weighted by atomic mass is 16.2. The Kier molecular flexibility index (Phi) is 10.7. The van der Waals surface area contributed by atoms with E-state index in [4.69, 9.17) is 4.98 Å². The van der Waals surface area contributed by atoms with Crippen molar-refractivity contribution in [3.05, 3.63) is 95.5 Å². The molecule has 1 aliphatic heterocycles. The van der Waals surface area contributed by atoms with Crippen LogP contribution in [-0.4, -0.2) is 56.4 Å². The van der Waals surface area contributed by atoms with Crippen molar-refractivity contribution in [1.29, 1.82) is 0 Å². The number of fused-ring (bicyclic) bond motifs is 2. The van der Waals surface area contributed by atoms with E-state index in [9.17, 15) is 4.79 Å². The Morgan fingerprint density at radius 1 is 1.19 bits per heavy atom. The number of pyridine rings is 1. The maximum Gasteiger partial charge on any atom is 0.222 e. The Morgan fingerprint density at radius 2 is 1.93 bits per heavy atom. The van der Waals surface area contributed by atoms with Crippen LogP contribution in [0.1, 0.15) is 92.1 Å². The molecule has 2 aromatic heterocycles. The molecule has 2 aliphatic rings. The van der Waals surface area contributed by atoms with E-state index >= 15 is 0 Å². The standard InChI is InChI=1S/C33H43N5O.C2H5N/c1-6-7-10-26(30-21-34-22-36(30)5)29-20-25-9-8-13-35-32(25)33(27-12-11-24(4)19-28(27)29)38-16-14-37(15-17-38)31(39)18-23(2)3;1-2-3/h8-9,11-13,19-23,26,33H,6-7,10,14-18H2,1-5H3;2H,1,3H2. The van der Waals surface area contributed by atoms with E-state index in [1.54, 1.807) is 0 Å². The molecule has 1 aromatic carbocycles. The van der Waals surface area contributed by atoms with Crippen molar-refractivity contribution in [3.63, 3.8) is 0 Å². The number of piperazine rings is 1. The van der Waals surface area contributed by atoms with E-state index in [-0.39, 0.29) is 17.9 Å². The van der Waals surface area contributed by atoms with Gasteiger partial charge < -0.3 is 15.2 Å². The van der Waals surface area contributed by atoms with Crippen LogP contribution in [0.4, 0.5) is 0 Å². The van der Waals surface area contributed by atoms with Gasteiger partial charge in [0.2, 0.25) is 5.91 Å². The minimum atomic E-state index is 0.0475. The first-order valence-corrected chi connectivity index (χ1v) is 15.4. The number of rotatable bonds is 8. The highest BCUT2D eigenvalue weighted by Gasteiger charge is 2.35. The molecule has 1 aliphatic carbocycles. The monoisotopic (exact) mass is 568 g/mol. The normalized spacial score (nSPS) is 17.3. The van der Waals surface area contributed by atoms with Crippen molar-refractivity contribution in [2.75, 3.05) is 26.2 Å². The van der Waals surface area contributed by atoms with E-state index in [0.29, 0.717) is 12.3 Å². The lowest BCUT2D eigenvalue weighted by Gasteiger charge is -2.40. The van der Waals surface area contributed by atoms with Crippen molar-refractivity contribution in [1.82, 2.24) is 24.3 Å². The van der Waals surface area contributed by atoms with Crippen LogP contribution in [-0.2, 0) is 11.8 Å². The maximum absolute atomic E-state index is 12.8. The van der Waals surface area contributed by atoms with E-state index in [2.05, 4.69) is 103 Å². The number of benzene rings is 1. The zero-order valence-electron chi connectivity index (χ0n) is 26.1. The first kappa shape index (κ1) is 31.2. The molecule has 42 heavy (non-hydrogen) atoms. The highest BCUT2D eigenvalue weighted by Crippen LogP contribution is 2.45. The molecule has 3 heterocycles. The second-order valence-corrected chi connectivity index (χ2v) is 11.9. The Labute approximate surface area is 252 Å². The SMILES string of the molecule is C=CN.CCCCC(C1=Cc2cccnc2C(N2CCN(C(=O)CC(C)C)CC2)c2ccc(C)cc21)c1cncn1C. The molecule has 1 saturated heterocycles. The Balaban J connectivity index is 0.00000129. The van der Waals surface area contributed by atoms with E-state index in [0.717, 1.165) is 51.1 Å². The number of aryl methyl sites for hydroxylation is 2. The third-order valence-corrected chi connectivity index (χ3v) is 8.30. The minimum absolute atomic E-state index is 0.0475. The number of nitrogens with zero attached hydrogens (tertiary/aromatic N) is 5. The first-order chi connectivity index (χ1) is 20.3. The summed E-state index contributed by atoms with van der Waals surface area (Å²) in [5, 5.41) is 0. The molecule has 0 bridgehead atoms. The largest absolute Gasteiger partial charge is 0.405 e. The molecule has 2 unspecified atom stereocenters. The second kappa shape index (κ2) is 14.5. The smallest absolute Gasteiger partial charge is 0.222 e. The van der Waals surface area contributed by atoms with Crippen molar-refractivity contribution in [2.45, 2.75) is 65.3 Å². The van der Waals surface area contributed by atoms with Crippen LogP contribution in [0.2, 0.25) is 0 Å². The van der Waals surface area contributed by atoms with Crippen molar-refractivity contribution < 1.29 is 4.79 Å². The number of hydrogen-bond donors (Lipinski definition) is 1. The molecular formula is C35H48N6O. The van der Waals surface area contributed by atoms with Gasteiger partial charge in [-0.15, -0.1) is 0 Å². The molecule has 7 nitrogen and oxygen atoms in total. The predicted molar refractivity (Wildman–Crippen MR) is 173 cm³/mol. The average molecular weight is 569 g/mol. The Hall–Kier alpha value is -3.71. The van der Waals surface area contributed by atoms with Gasteiger partial charge >= 0.3 is 0 Å². The van der Waals surface area contributed by atoms with Gasteiger partial charge in [-0.1, -0.05) is 70.0 Å². The van der Waals surface area contributed by atoms with Gasteiger partial charge in [0.1, 0.15) is 0 Å². The van der Waals surface area contributed by atoms with E-state index < -0.39 is 0 Å². The molecule has 1 amide bonds. The lowest BCUT2D eigenvalue weighted by molar-refractivity contribution is -0.133. The van der Waals surface area contributed by atoms with Gasteiger partial charge in [-0.25, -0.2) is 4.98 Å². The topological polar surface area (TPSA) is 80.3 Å². The van der Waals surface area contributed by atoms with Crippen LogP contribution >= 0.6 is 0 Å². The summed E-state index contributed by atoms with van der Waals surface area (Å²) in [4.78, 5) is 26.9. The van der Waals surface area contributed by atoms with Crippen LogP contribution < -0.4 is 5.73 Å². The second-order valence-electron chi connectivity index (χ2n) is 11.9. The van der Waals surface area contributed by atoms with Crippen molar-refractivity contribution >= 4 is 17.6 Å². The number of unbranched alkanes of at least 4 members (excludes halogenated alkanes) is 1. The molecule has 7 heteroatoms. The third-order valence-electron chi connectivity index (χ3n) is 8.30. The van der Waals surface area contributed by atoms with Gasteiger partial charge in [-0.05, 0) is 59.9 Å². The van der Waals surface area contributed by atoms with Crippen LogP contribution in [0.25, 0.3) is 11.6 Å². The number of imidazole rings is 1. The summed E-state index contributed by atoms with van der Waals surface area (Å²) in [5.41, 5.74) is 13.4. The number of amides is 1. The van der Waals surface area contributed by atoms with Crippen LogP contribution in [0.15, 0.2) is 61.8 Å². The summed E-state index contributed by atoms with van der Waals surface area (Å²) in [7, 11) is 2.11. The Morgan fingerprint density at radius 3 is 2.57 bits per heavy atom. The number of nitrogens with two attached hydrogens (primary N) is 1. The lowest BCUT2D eigenvalue weighted by atomic mass is 9.82. The fourth-order valence-corrected chi connectivity index (χ4v) is 6.27. The average Bonchev–Trinajstić information content (AvgIpc) is 3.33. The van der Waals surface area contributed by atoms with E-state index in [1.165, 1.54) is 39.7 Å². The number of hydrogen-bond acceptors (Lipinski definition) is 5. The van der Waals surface area contributed by atoms with Gasteiger partial charge in [0, 0.05) is 63.7 Å². The van der Waals surface area contributed by atoms with Crippen molar-refractivity contribution in [3.8, 4) is 0 Å². The summed E-state index contributed by atoms with van der Waals surface area (Å²) in [6.45, 7) is 15.0. The molecule has 224 valence electrons. The summed E-state index contributed by atoms with van der Waals surface area (Å²) in [6.07, 6.45) is 13.5. The van der Waals surface area contributed by atoms with Gasteiger partial charge in [0.05, 0.1) is 18.1 Å². The predicted octanol–water partition coefficient (Wildman–Crippen LogP) is 6.32. The van der Waals surface area contributed by atoms with Gasteiger partial charge in [-0.2, -0.15) is 0 Å². The van der Waals surface area contributed by atoms with Gasteiger partial charge in [0.25, 0.3) is 0 Å². The summed E-state index contributed by atoms with van der Waals surface area (Å²) < 4.78 is 2.18. The zero-order valence-corrected chi connectivity index (χ0v) is 26.1. The van der Waals surface area contributed by atoms with Crippen LogP contribution in [0.3, 0.4) is 0 Å². The van der Waals surface area contributed by atoms with Crippen LogP contribution in [0.5, 0.6) is 0 Å². The zero-order chi connectivity index (χ0) is 30.2. The molecular weight excluding hydrogens is 520 g/mol. The lowest BCUT2D eigenvalue weighted by Crippen LogP contribution is -2.50. The molecule has 1 fully saturated rings. The quantitative estimate of drug-likeness (QED) is 0.344. The fraction of sp³-hybridized carbons (Fsp3) is 0.457. The first-order valence-electron chi connectivity index (χ1n) is 15.4. The number of allylic oxidation sites excluding steroid dienone is 1. The molecule has 0 radical (unpaired) electrons. The van der Waals surface area contributed by atoms with E-state index in [1.807, 2.05) is 18.7 Å². The molecule has 0 spiro atoms. The number of aromatic nitrogens is 3. The van der Waals surface area contributed by atoms with Crippen molar-refractivity contribution in [2.24, 2.45) is 18.7 Å². The van der Waals surface area contributed by atoms with Crippen LogP contribution in [0, 0.1) is 12.8 Å². The number of carbonyl (C=O) groups is 1. The summed E-state index contributed by atoms with van der Waals surface area (Å²) >= 11 is 0.